The molecule has 0 amide bonds. The van der Waals surface area contributed by atoms with Gasteiger partial charge in [-0.05, 0) is 53.2 Å². The van der Waals surface area contributed by atoms with Gasteiger partial charge in [0.05, 0.1) is 6.04 Å². The number of hydrogen-bond acceptors (Lipinski definition) is 1. The molecule has 0 saturated heterocycles. The average molecular weight is 361 g/mol. The number of halogens is 2. The standard InChI is InChI=1S/C18H15BrClN/c1-21-18(16-11-15(19)8-9-17(16)20)14-7-6-12-4-2-3-5-13(12)10-14/h2-11,18,21H,1H3. The van der Waals surface area contributed by atoms with E-state index in [2.05, 4.69) is 69.8 Å². The summed E-state index contributed by atoms with van der Waals surface area (Å²) in [5.41, 5.74) is 2.28. The number of fused-ring (bicyclic) bond motifs is 1. The average Bonchev–Trinajstić information content (AvgIpc) is 2.51. The van der Waals surface area contributed by atoms with Crippen molar-refractivity contribution < 1.29 is 0 Å². The first-order valence-electron chi connectivity index (χ1n) is 6.80. The Bertz CT molecular complexity index is 785. The minimum absolute atomic E-state index is 0.0691. The number of nitrogens with one attached hydrogen (secondary N) is 1. The summed E-state index contributed by atoms with van der Waals surface area (Å²) >= 11 is 9.90. The Morgan fingerprint density at radius 2 is 1.71 bits per heavy atom. The molecule has 3 rings (SSSR count). The summed E-state index contributed by atoms with van der Waals surface area (Å²) in [4.78, 5) is 0. The summed E-state index contributed by atoms with van der Waals surface area (Å²) in [6, 6.07) is 20.9. The van der Waals surface area contributed by atoms with Gasteiger partial charge in [-0.3, -0.25) is 0 Å². The van der Waals surface area contributed by atoms with Crippen molar-refractivity contribution in [3.8, 4) is 0 Å². The highest BCUT2D eigenvalue weighted by Crippen LogP contribution is 2.31. The fourth-order valence-corrected chi connectivity index (χ4v) is 3.23. The van der Waals surface area contributed by atoms with E-state index in [0.29, 0.717) is 0 Å². The van der Waals surface area contributed by atoms with Crippen LogP contribution in [0.4, 0.5) is 0 Å². The highest BCUT2D eigenvalue weighted by Gasteiger charge is 2.16. The van der Waals surface area contributed by atoms with Gasteiger partial charge in [-0.2, -0.15) is 0 Å². The molecule has 1 nitrogen and oxygen atoms in total. The Labute approximate surface area is 138 Å². The Morgan fingerprint density at radius 1 is 0.952 bits per heavy atom. The van der Waals surface area contributed by atoms with Gasteiger partial charge in [0.25, 0.3) is 0 Å². The lowest BCUT2D eigenvalue weighted by Crippen LogP contribution is -2.18. The largest absolute Gasteiger partial charge is 0.309 e. The Hall–Kier alpha value is -1.35. The smallest absolute Gasteiger partial charge is 0.0589 e. The summed E-state index contributed by atoms with van der Waals surface area (Å²) in [7, 11) is 1.96. The first kappa shape index (κ1) is 14.6. The second-order valence-electron chi connectivity index (χ2n) is 4.99. The van der Waals surface area contributed by atoms with Crippen LogP contribution >= 0.6 is 27.5 Å². The van der Waals surface area contributed by atoms with E-state index in [1.54, 1.807) is 0 Å². The molecule has 0 fully saturated rings. The molecule has 0 aliphatic heterocycles. The van der Waals surface area contributed by atoms with Crippen LogP contribution in [0, 0.1) is 0 Å². The van der Waals surface area contributed by atoms with Crippen LogP contribution in [0.5, 0.6) is 0 Å². The van der Waals surface area contributed by atoms with Crippen molar-refractivity contribution in [2.75, 3.05) is 7.05 Å². The molecule has 0 saturated carbocycles. The quantitative estimate of drug-likeness (QED) is 0.644. The SMILES string of the molecule is CNC(c1ccc2ccccc2c1)c1cc(Br)ccc1Cl. The third-order valence-electron chi connectivity index (χ3n) is 3.66. The number of hydrogen-bond donors (Lipinski definition) is 1. The molecule has 3 aromatic rings. The molecule has 1 atom stereocenters. The van der Waals surface area contributed by atoms with Gasteiger partial charge < -0.3 is 5.32 Å². The highest BCUT2D eigenvalue weighted by molar-refractivity contribution is 9.10. The third-order valence-corrected chi connectivity index (χ3v) is 4.50. The van der Waals surface area contributed by atoms with Gasteiger partial charge in [-0.25, -0.2) is 0 Å². The van der Waals surface area contributed by atoms with Crippen LogP contribution in [0.25, 0.3) is 10.8 Å². The van der Waals surface area contributed by atoms with Crippen molar-refractivity contribution in [2.45, 2.75) is 6.04 Å². The van der Waals surface area contributed by atoms with E-state index in [-0.39, 0.29) is 6.04 Å². The van der Waals surface area contributed by atoms with Gasteiger partial charge in [-0.1, -0.05) is 63.9 Å². The van der Waals surface area contributed by atoms with Gasteiger partial charge in [0.1, 0.15) is 0 Å². The fourth-order valence-electron chi connectivity index (χ4n) is 2.62. The Morgan fingerprint density at radius 3 is 2.48 bits per heavy atom. The van der Waals surface area contributed by atoms with Crippen LogP contribution in [0.3, 0.4) is 0 Å². The molecular formula is C18H15BrClN. The lowest BCUT2D eigenvalue weighted by Gasteiger charge is -2.19. The minimum Gasteiger partial charge on any atom is -0.309 e. The maximum Gasteiger partial charge on any atom is 0.0589 e. The number of rotatable bonds is 3. The zero-order valence-corrected chi connectivity index (χ0v) is 13.9. The Kier molecular flexibility index (Phi) is 4.29. The molecule has 0 spiro atoms. The maximum absolute atomic E-state index is 6.38. The van der Waals surface area contributed by atoms with Crippen LogP contribution < -0.4 is 5.32 Å². The van der Waals surface area contributed by atoms with Crippen LogP contribution in [0.1, 0.15) is 17.2 Å². The van der Waals surface area contributed by atoms with E-state index in [0.717, 1.165) is 15.1 Å². The monoisotopic (exact) mass is 359 g/mol. The molecule has 0 radical (unpaired) electrons. The summed E-state index contributed by atoms with van der Waals surface area (Å²) in [6.45, 7) is 0. The van der Waals surface area contributed by atoms with Gasteiger partial charge in [-0.15, -0.1) is 0 Å². The van der Waals surface area contributed by atoms with E-state index in [1.165, 1.54) is 16.3 Å². The molecule has 3 aromatic carbocycles. The van der Waals surface area contributed by atoms with Gasteiger partial charge in [0.15, 0.2) is 0 Å². The first-order chi connectivity index (χ1) is 10.2. The van der Waals surface area contributed by atoms with Crippen molar-refractivity contribution in [3.05, 3.63) is 81.3 Å². The minimum atomic E-state index is 0.0691. The van der Waals surface area contributed by atoms with E-state index in [9.17, 15) is 0 Å². The van der Waals surface area contributed by atoms with Crippen LogP contribution in [-0.4, -0.2) is 7.05 Å². The number of benzene rings is 3. The summed E-state index contributed by atoms with van der Waals surface area (Å²) < 4.78 is 1.03. The zero-order chi connectivity index (χ0) is 14.8. The summed E-state index contributed by atoms with van der Waals surface area (Å²) in [5, 5.41) is 6.62. The normalized spacial score (nSPS) is 12.5. The van der Waals surface area contributed by atoms with E-state index in [1.807, 2.05) is 19.2 Å². The molecule has 0 heterocycles. The predicted octanol–water partition coefficient (Wildman–Crippen LogP) is 5.56. The lowest BCUT2D eigenvalue weighted by atomic mass is 9.96. The maximum atomic E-state index is 6.38. The van der Waals surface area contributed by atoms with Gasteiger partial charge in [0.2, 0.25) is 0 Å². The van der Waals surface area contributed by atoms with Crippen molar-refractivity contribution in [1.82, 2.24) is 5.32 Å². The molecule has 0 aliphatic rings. The molecule has 106 valence electrons. The van der Waals surface area contributed by atoms with Gasteiger partial charge in [0, 0.05) is 9.50 Å². The molecule has 1 N–H and O–H groups in total. The molecular weight excluding hydrogens is 346 g/mol. The van der Waals surface area contributed by atoms with Crippen molar-refractivity contribution in [2.24, 2.45) is 0 Å². The highest BCUT2D eigenvalue weighted by atomic mass is 79.9. The predicted molar refractivity (Wildman–Crippen MR) is 94.0 cm³/mol. The second kappa shape index (κ2) is 6.18. The van der Waals surface area contributed by atoms with E-state index >= 15 is 0 Å². The summed E-state index contributed by atoms with van der Waals surface area (Å²) in [5.74, 6) is 0. The topological polar surface area (TPSA) is 12.0 Å². The molecule has 0 aromatic heterocycles. The van der Waals surface area contributed by atoms with E-state index in [4.69, 9.17) is 11.6 Å². The molecule has 1 unspecified atom stereocenters. The lowest BCUT2D eigenvalue weighted by molar-refractivity contribution is 0.692. The van der Waals surface area contributed by atoms with Crippen LogP contribution in [0.15, 0.2) is 65.1 Å². The molecule has 3 heteroatoms. The fraction of sp³-hybridized carbons (Fsp3) is 0.111. The van der Waals surface area contributed by atoms with Gasteiger partial charge >= 0.3 is 0 Å². The second-order valence-corrected chi connectivity index (χ2v) is 6.32. The molecule has 21 heavy (non-hydrogen) atoms. The van der Waals surface area contributed by atoms with Crippen molar-refractivity contribution in [1.29, 1.82) is 0 Å². The summed E-state index contributed by atoms with van der Waals surface area (Å²) in [6.07, 6.45) is 0. The van der Waals surface area contributed by atoms with Crippen LogP contribution in [0.2, 0.25) is 5.02 Å². The van der Waals surface area contributed by atoms with Crippen LogP contribution in [-0.2, 0) is 0 Å². The van der Waals surface area contributed by atoms with Crippen molar-refractivity contribution in [3.63, 3.8) is 0 Å². The molecule has 0 bridgehead atoms. The first-order valence-corrected chi connectivity index (χ1v) is 7.97. The Balaban J connectivity index is 2.11. The zero-order valence-electron chi connectivity index (χ0n) is 11.6. The van der Waals surface area contributed by atoms with Crippen molar-refractivity contribution >= 4 is 38.3 Å². The molecule has 0 aliphatic carbocycles. The third kappa shape index (κ3) is 2.98. The van der Waals surface area contributed by atoms with E-state index < -0.39 is 0 Å².